The summed E-state index contributed by atoms with van der Waals surface area (Å²) in [5, 5.41) is 0. The molecule has 2 N–H and O–H groups in total. The number of aryl methyl sites for hydroxylation is 1. The highest BCUT2D eigenvalue weighted by molar-refractivity contribution is 7.80. The Hall–Kier alpha value is -1.43. The number of hydrogen-bond donors (Lipinski definition) is 1. The van der Waals surface area contributed by atoms with Gasteiger partial charge >= 0.3 is 0 Å². The van der Waals surface area contributed by atoms with Crippen LogP contribution in [0, 0.1) is 6.92 Å². The first-order chi connectivity index (χ1) is 7.43. The number of nitrogens with zero attached hydrogens (tertiary/aromatic N) is 2. The van der Waals surface area contributed by atoms with E-state index in [0.717, 1.165) is 0 Å². The molecule has 0 spiro atoms. The van der Waals surface area contributed by atoms with Crippen LogP contribution in [0.25, 0.3) is 0 Å². The Morgan fingerprint density at radius 2 is 2.38 bits per heavy atom. The van der Waals surface area contributed by atoms with Crippen molar-refractivity contribution in [3.8, 4) is 0 Å². The molecule has 1 rings (SSSR count). The minimum absolute atomic E-state index is 0.0606. The summed E-state index contributed by atoms with van der Waals surface area (Å²) in [6.45, 7) is 3.60. The van der Waals surface area contributed by atoms with Crippen molar-refractivity contribution in [2.45, 2.75) is 26.3 Å². The van der Waals surface area contributed by atoms with Crippen LogP contribution in [0.1, 0.15) is 29.6 Å². The quantitative estimate of drug-likeness (QED) is 0.800. The predicted molar refractivity (Wildman–Crippen MR) is 64.2 cm³/mol. The first-order valence-corrected chi connectivity index (χ1v) is 5.29. The summed E-state index contributed by atoms with van der Waals surface area (Å²) in [6.07, 6.45) is 1.75. The predicted octanol–water partition coefficient (Wildman–Crippen LogP) is 1.12. The highest BCUT2D eigenvalue weighted by Crippen LogP contribution is 2.11. The third-order valence-electron chi connectivity index (χ3n) is 2.42. The summed E-state index contributed by atoms with van der Waals surface area (Å²) in [5.41, 5.74) is 6.02. The van der Waals surface area contributed by atoms with Crippen molar-refractivity contribution in [3.05, 3.63) is 17.8 Å². The van der Waals surface area contributed by atoms with Gasteiger partial charge in [-0.3, -0.25) is 4.79 Å². The van der Waals surface area contributed by atoms with E-state index in [1.807, 2.05) is 6.92 Å². The highest BCUT2D eigenvalue weighted by Gasteiger charge is 2.22. The average molecular weight is 241 g/mol. The monoisotopic (exact) mass is 241 g/mol. The second kappa shape index (κ2) is 5.07. The Kier molecular flexibility index (Phi) is 4.00. The zero-order chi connectivity index (χ0) is 12.3. The second-order valence-corrected chi connectivity index (χ2v) is 4.23. The molecule has 88 valence electrons. The second-order valence-electron chi connectivity index (χ2n) is 3.70. The molecule has 0 aliphatic rings. The zero-order valence-electron chi connectivity index (χ0n) is 9.56. The van der Waals surface area contributed by atoms with Crippen LogP contribution in [0.5, 0.6) is 0 Å². The number of amides is 1. The number of carbonyl (C=O) groups is 1. The number of hydrogen-bond acceptors (Lipinski definition) is 4. The lowest BCUT2D eigenvalue weighted by Crippen LogP contribution is -2.37. The smallest absolute Gasteiger partial charge is 0.291 e. The summed E-state index contributed by atoms with van der Waals surface area (Å²) < 4.78 is 5.04. The number of carbonyl (C=O) groups excluding carboxylic acids is 1. The number of oxazole rings is 1. The fourth-order valence-electron chi connectivity index (χ4n) is 1.30. The van der Waals surface area contributed by atoms with E-state index in [1.165, 1.54) is 6.39 Å². The third-order valence-corrected chi connectivity index (χ3v) is 2.58. The van der Waals surface area contributed by atoms with Gasteiger partial charge in [0.05, 0.1) is 10.7 Å². The van der Waals surface area contributed by atoms with Crippen LogP contribution in [0.2, 0.25) is 0 Å². The lowest BCUT2D eigenvalue weighted by Gasteiger charge is -2.23. The molecule has 1 aromatic heterocycles. The summed E-state index contributed by atoms with van der Waals surface area (Å²) in [5.74, 6) is 0.0519. The minimum Gasteiger partial charge on any atom is -0.438 e. The molecule has 1 atom stereocenters. The molecule has 1 unspecified atom stereocenters. The molecule has 1 heterocycles. The average Bonchev–Trinajstić information content (AvgIpc) is 2.61. The Morgan fingerprint density at radius 1 is 1.75 bits per heavy atom. The van der Waals surface area contributed by atoms with Crippen molar-refractivity contribution < 1.29 is 9.21 Å². The largest absolute Gasteiger partial charge is 0.438 e. The van der Waals surface area contributed by atoms with Crippen LogP contribution in [0.15, 0.2) is 10.8 Å². The highest BCUT2D eigenvalue weighted by atomic mass is 32.1. The van der Waals surface area contributed by atoms with Gasteiger partial charge in [-0.1, -0.05) is 12.2 Å². The van der Waals surface area contributed by atoms with Crippen molar-refractivity contribution in [1.82, 2.24) is 9.88 Å². The van der Waals surface area contributed by atoms with Crippen molar-refractivity contribution in [1.29, 1.82) is 0 Å². The fraction of sp³-hybridized carbons (Fsp3) is 0.500. The molecule has 6 heteroatoms. The molecule has 1 amide bonds. The molecule has 0 aliphatic heterocycles. The van der Waals surface area contributed by atoms with Gasteiger partial charge in [0.2, 0.25) is 5.76 Å². The van der Waals surface area contributed by atoms with Crippen molar-refractivity contribution in [3.63, 3.8) is 0 Å². The van der Waals surface area contributed by atoms with Crippen LogP contribution in [0.4, 0.5) is 0 Å². The number of aromatic nitrogens is 1. The van der Waals surface area contributed by atoms with E-state index in [1.54, 1.807) is 18.9 Å². The van der Waals surface area contributed by atoms with Crippen LogP contribution < -0.4 is 5.73 Å². The maximum Gasteiger partial charge on any atom is 0.291 e. The van der Waals surface area contributed by atoms with E-state index < -0.39 is 0 Å². The van der Waals surface area contributed by atoms with Gasteiger partial charge in [0.15, 0.2) is 6.39 Å². The van der Waals surface area contributed by atoms with E-state index in [2.05, 4.69) is 4.98 Å². The van der Waals surface area contributed by atoms with Gasteiger partial charge in [-0.05, 0) is 13.8 Å². The van der Waals surface area contributed by atoms with E-state index in [9.17, 15) is 4.79 Å². The van der Waals surface area contributed by atoms with Gasteiger partial charge in [0.1, 0.15) is 0 Å². The third kappa shape index (κ3) is 2.79. The van der Waals surface area contributed by atoms with Crippen LogP contribution in [-0.2, 0) is 0 Å². The van der Waals surface area contributed by atoms with Gasteiger partial charge in [-0.25, -0.2) is 4.98 Å². The summed E-state index contributed by atoms with van der Waals surface area (Å²) >= 11 is 4.81. The zero-order valence-corrected chi connectivity index (χ0v) is 10.4. The van der Waals surface area contributed by atoms with Gasteiger partial charge < -0.3 is 15.1 Å². The van der Waals surface area contributed by atoms with Gasteiger partial charge in [0.25, 0.3) is 5.91 Å². The fourth-order valence-corrected chi connectivity index (χ4v) is 1.54. The maximum atomic E-state index is 12.0. The van der Waals surface area contributed by atoms with E-state index in [0.29, 0.717) is 17.1 Å². The lowest BCUT2D eigenvalue weighted by molar-refractivity contribution is 0.0715. The van der Waals surface area contributed by atoms with E-state index in [4.69, 9.17) is 22.4 Å². The minimum atomic E-state index is -0.209. The van der Waals surface area contributed by atoms with Gasteiger partial charge in [-0.2, -0.15) is 0 Å². The molecule has 5 nitrogen and oxygen atoms in total. The Morgan fingerprint density at radius 3 is 2.81 bits per heavy atom. The molecule has 0 saturated heterocycles. The molecule has 1 aromatic rings. The van der Waals surface area contributed by atoms with E-state index in [-0.39, 0.29) is 17.7 Å². The molecular weight excluding hydrogens is 226 g/mol. The number of nitrogens with two attached hydrogens (primary N) is 1. The first-order valence-electron chi connectivity index (χ1n) is 4.89. The molecule has 0 fully saturated rings. The first kappa shape index (κ1) is 12.6. The molecule has 0 saturated carbocycles. The van der Waals surface area contributed by atoms with Crippen LogP contribution in [0.3, 0.4) is 0 Å². The molecule has 0 aromatic carbocycles. The van der Waals surface area contributed by atoms with Crippen molar-refractivity contribution >= 4 is 23.1 Å². The van der Waals surface area contributed by atoms with Crippen molar-refractivity contribution in [2.75, 3.05) is 7.05 Å². The number of rotatable bonds is 4. The summed E-state index contributed by atoms with van der Waals surface area (Å²) in [6, 6.07) is -0.0606. The van der Waals surface area contributed by atoms with Crippen molar-refractivity contribution in [2.24, 2.45) is 5.73 Å². The summed E-state index contributed by atoms with van der Waals surface area (Å²) in [7, 11) is 1.69. The molecule has 0 radical (unpaired) electrons. The Labute approximate surface area is 99.6 Å². The maximum absolute atomic E-state index is 12.0. The van der Waals surface area contributed by atoms with Gasteiger partial charge in [-0.15, -0.1) is 0 Å². The SMILES string of the molecule is Cc1ncoc1C(=O)N(C)C(C)CC(N)=S. The molecule has 16 heavy (non-hydrogen) atoms. The molecule has 0 aliphatic carbocycles. The Bertz CT molecular complexity index is 403. The summed E-state index contributed by atoms with van der Waals surface area (Å²) in [4.78, 5) is 17.8. The van der Waals surface area contributed by atoms with Crippen LogP contribution in [-0.4, -0.2) is 33.9 Å². The molecular formula is C10H15N3O2S. The van der Waals surface area contributed by atoms with E-state index >= 15 is 0 Å². The van der Waals surface area contributed by atoms with Gasteiger partial charge in [0, 0.05) is 19.5 Å². The Balaban J connectivity index is 2.75. The topological polar surface area (TPSA) is 72.4 Å². The normalized spacial score (nSPS) is 12.2. The van der Waals surface area contributed by atoms with Crippen LogP contribution >= 0.6 is 12.2 Å². The standard InChI is InChI=1S/C10H15N3O2S/c1-6(4-8(11)16)13(3)10(14)9-7(2)12-5-15-9/h5-6H,4H2,1-3H3,(H2,11,16). The molecule has 0 bridgehead atoms. The lowest BCUT2D eigenvalue weighted by atomic mass is 10.2. The number of thiocarbonyl (C=S) groups is 1.